The molecule has 0 aliphatic heterocycles. The molecule has 0 aliphatic rings. The third kappa shape index (κ3) is 4.30. The van der Waals surface area contributed by atoms with Crippen LogP contribution in [0.25, 0.3) is 11.0 Å². The summed E-state index contributed by atoms with van der Waals surface area (Å²) in [4.78, 5) is 17.0. The van der Waals surface area contributed by atoms with Crippen molar-refractivity contribution in [2.75, 3.05) is 13.7 Å². The largest absolute Gasteiger partial charge is 0.495 e. The predicted octanol–water partition coefficient (Wildman–Crippen LogP) is 4.88. The van der Waals surface area contributed by atoms with Crippen molar-refractivity contribution in [3.8, 4) is 5.75 Å². The molecule has 0 fully saturated rings. The molecule has 0 saturated carbocycles. The summed E-state index contributed by atoms with van der Waals surface area (Å²) < 4.78 is 12.7. The van der Waals surface area contributed by atoms with Crippen LogP contribution in [0.5, 0.6) is 5.75 Å². The summed E-state index contributed by atoms with van der Waals surface area (Å²) >= 11 is 6.02. The molecule has 28 heavy (non-hydrogen) atoms. The molecule has 0 saturated heterocycles. The fourth-order valence-electron chi connectivity index (χ4n) is 3.24. The van der Waals surface area contributed by atoms with Crippen molar-refractivity contribution >= 4 is 28.6 Å². The van der Waals surface area contributed by atoms with Crippen molar-refractivity contribution in [2.45, 2.75) is 33.7 Å². The molecule has 0 amide bonds. The van der Waals surface area contributed by atoms with Gasteiger partial charge in [0.25, 0.3) is 0 Å². The van der Waals surface area contributed by atoms with Gasteiger partial charge in [0, 0.05) is 29.1 Å². The number of methoxy groups -OCH3 is 1. The van der Waals surface area contributed by atoms with E-state index in [4.69, 9.17) is 21.1 Å². The topological polar surface area (TPSA) is 53.4 Å². The van der Waals surface area contributed by atoms with Crippen molar-refractivity contribution in [1.82, 2.24) is 9.55 Å². The molecule has 0 aliphatic carbocycles. The van der Waals surface area contributed by atoms with Gasteiger partial charge in [0.15, 0.2) is 0 Å². The number of aromatic nitrogens is 2. The Bertz CT molecular complexity index is 977. The maximum atomic E-state index is 12.4. The molecule has 3 rings (SSSR count). The van der Waals surface area contributed by atoms with Gasteiger partial charge in [-0.3, -0.25) is 4.79 Å². The number of nitrogens with zero attached hydrogens (tertiary/aromatic N) is 2. The summed E-state index contributed by atoms with van der Waals surface area (Å²) in [5, 5.41) is 1.68. The third-order valence-electron chi connectivity index (χ3n) is 4.74. The van der Waals surface area contributed by atoms with Gasteiger partial charge in [-0.1, -0.05) is 23.7 Å². The van der Waals surface area contributed by atoms with Crippen molar-refractivity contribution in [3.05, 3.63) is 58.9 Å². The lowest BCUT2D eigenvalue weighted by Crippen LogP contribution is -2.30. The minimum absolute atomic E-state index is 0.205. The Hall–Kier alpha value is -2.53. The van der Waals surface area contributed by atoms with E-state index in [0.29, 0.717) is 30.3 Å². The first-order valence-corrected chi connectivity index (χ1v) is 9.65. The predicted molar refractivity (Wildman–Crippen MR) is 111 cm³/mol. The van der Waals surface area contributed by atoms with Crippen LogP contribution in [0.15, 0.2) is 42.6 Å². The third-order valence-corrected chi connectivity index (χ3v) is 4.99. The van der Waals surface area contributed by atoms with Crippen LogP contribution in [-0.2, 0) is 22.5 Å². The van der Waals surface area contributed by atoms with Crippen LogP contribution in [0, 0.1) is 5.41 Å². The summed E-state index contributed by atoms with van der Waals surface area (Å²) in [5.41, 5.74) is 2.33. The Morgan fingerprint density at radius 2 is 1.93 bits per heavy atom. The molecule has 148 valence electrons. The monoisotopic (exact) mass is 400 g/mol. The van der Waals surface area contributed by atoms with Gasteiger partial charge >= 0.3 is 5.97 Å². The van der Waals surface area contributed by atoms with Crippen LogP contribution in [0.4, 0.5) is 0 Å². The Balaban J connectivity index is 2.04. The quantitative estimate of drug-likeness (QED) is 0.530. The summed E-state index contributed by atoms with van der Waals surface area (Å²) in [6, 6.07) is 11.8. The number of benzene rings is 1. The maximum absolute atomic E-state index is 12.4. The van der Waals surface area contributed by atoms with Gasteiger partial charge in [-0.05, 0) is 50.6 Å². The minimum atomic E-state index is -0.647. The summed E-state index contributed by atoms with van der Waals surface area (Å²) in [7, 11) is 1.62. The Morgan fingerprint density at radius 1 is 1.21 bits per heavy atom. The molecular formula is C22H25ClN2O3. The second-order valence-corrected chi connectivity index (χ2v) is 7.85. The van der Waals surface area contributed by atoms with E-state index in [1.54, 1.807) is 13.3 Å². The van der Waals surface area contributed by atoms with Crippen molar-refractivity contribution < 1.29 is 14.3 Å². The molecule has 6 heteroatoms. The Kier molecular flexibility index (Phi) is 5.94. The van der Waals surface area contributed by atoms with Gasteiger partial charge in [0.2, 0.25) is 0 Å². The zero-order valence-electron chi connectivity index (χ0n) is 16.7. The second-order valence-electron chi connectivity index (χ2n) is 7.42. The van der Waals surface area contributed by atoms with Crippen LogP contribution >= 0.6 is 11.6 Å². The van der Waals surface area contributed by atoms with Gasteiger partial charge in [-0.25, -0.2) is 4.98 Å². The van der Waals surface area contributed by atoms with E-state index in [1.807, 2.05) is 51.1 Å². The van der Waals surface area contributed by atoms with Gasteiger partial charge in [-0.15, -0.1) is 0 Å². The molecule has 0 unspecified atom stereocenters. The number of rotatable bonds is 7. The summed E-state index contributed by atoms with van der Waals surface area (Å²) in [5.74, 6) is 0.496. The average Bonchev–Trinajstić information content (AvgIpc) is 2.99. The van der Waals surface area contributed by atoms with Gasteiger partial charge in [-0.2, -0.15) is 0 Å². The van der Waals surface area contributed by atoms with Crippen LogP contribution < -0.4 is 4.74 Å². The fourth-order valence-corrected chi connectivity index (χ4v) is 3.36. The summed E-state index contributed by atoms with van der Waals surface area (Å²) in [6.45, 7) is 6.64. The van der Waals surface area contributed by atoms with Crippen molar-refractivity contribution in [2.24, 2.45) is 5.41 Å². The number of ether oxygens (including phenoxy) is 2. The van der Waals surface area contributed by atoms with Gasteiger partial charge < -0.3 is 14.0 Å². The zero-order valence-corrected chi connectivity index (χ0v) is 17.4. The molecule has 0 spiro atoms. The van der Waals surface area contributed by atoms with Crippen LogP contribution in [0.1, 0.15) is 32.0 Å². The number of hydrogen-bond acceptors (Lipinski definition) is 4. The van der Waals surface area contributed by atoms with E-state index >= 15 is 0 Å². The maximum Gasteiger partial charge on any atom is 0.311 e. The molecule has 2 heterocycles. The van der Waals surface area contributed by atoms with E-state index in [1.165, 1.54) is 0 Å². The highest BCUT2D eigenvalue weighted by Gasteiger charge is 2.31. The van der Waals surface area contributed by atoms with Crippen LogP contribution in [0.3, 0.4) is 0 Å². The molecule has 0 bridgehead atoms. The van der Waals surface area contributed by atoms with Crippen LogP contribution in [-0.4, -0.2) is 29.2 Å². The van der Waals surface area contributed by atoms with Crippen molar-refractivity contribution in [1.29, 1.82) is 0 Å². The number of halogens is 1. The number of carbonyl (C=O) groups excluding carboxylic acids is 1. The lowest BCUT2D eigenvalue weighted by molar-refractivity contribution is -0.153. The van der Waals surface area contributed by atoms with E-state index in [9.17, 15) is 4.79 Å². The molecule has 0 N–H and O–H groups in total. The standard InChI is InChI=1S/C22H25ClN2O3/c1-5-28-21(26)22(2,3)12-18-10-16-11-19(27-4)13-24-20(16)25(18)14-15-6-8-17(23)9-7-15/h6-11,13H,5,12,14H2,1-4H3. The highest BCUT2D eigenvalue weighted by molar-refractivity contribution is 6.30. The smallest absolute Gasteiger partial charge is 0.311 e. The minimum Gasteiger partial charge on any atom is -0.495 e. The molecule has 0 atom stereocenters. The first-order chi connectivity index (χ1) is 13.3. The highest BCUT2D eigenvalue weighted by atomic mass is 35.5. The zero-order chi connectivity index (χ0) is 20.3. The lowest BCUT2D eigenvalue weighted by atomic mass is 9.88. The first-order valence-electron chi connectivity index (χ1n) is 9.28. The molecule has 3 aromatic rings. The normalized spacial score (nSPS) is 11.6. The number of pyridine rings is 1. The molecule has 5 nitrogen and oxygen atoms in total. The lowest BCUT2D eigenvalue weighted by Gasteiger charge is -2.23. The van der Waals surface area contributed by atoms with E-state index in [-0.39, 0.29) is 5.97 Å². The second kappa shape index (κ2) is 8.23. The SMILES string of the molecule is CCOC(=O)C(C)(C)Cc1cc2cc(OC)cnc2n1Cc1ccc(Cl)cc1. The molecule has 1 aromatic carbocycles. The average molecular weight is 401 g/mol. The van der Waals surface area contributed by atoms with Gasteiger partial charge in [0.05, 0.1) is 25.3 Å². The molecule has 0 radical (unpaired) electrons. The van der Waals surface area contributed by atoms with E-state index in [2.05, 4.69) is 15.6 Å². The van der Waals surface area contributed by atoms with E-state index in [0.717, 1.165) is 22.3 Å². The highest BCUT2D eigenvalue weighted by Crippen LogP contribution is 2.30. The number of fused-ring (bicyclic) bond motifs is 1. The van der Waals surface area contributed by atoms with Crippen molar-refractivity contribution in [3.63, 3.8) is 0 Å². The first kappa shape index (κ1) is 20.2. The number of carbonyl (C=O) groups is 1. The van der Waals surface area contributed by atoms with Crippen LogP contribution in [0.2, 0.25) is 5.02 Å². The summed E-state index contributed by atoms with van der Waals surface area (Å²) in [6.07, 6.45) is 2.25. The Morgan fingerprint density at radius 3 is 2.57 bits per heavy atom. The number of hydrogen-bond donors (Lipinski definition) is 0. The van der Waals surface area contributed by atoms with E-state index < -0.39 is 5.41 Å². The fraction of sp³-hybridized carbons (Fsp3) is 0.364. The Labute approximate surface area is 170 Å². The molecular weight excluding hydrogens is 376 g/mol. The van der Waals surface area contributed by atoms with Gasteiger partial charge in [0.1, 0.15) is 11.4 Å². The number of esters is 1. The molecule has 2 aromatic heterocycles.